The van der Waals surface area contributed by atoms with Crippen LogP contribution >= 0.6 is 0 Å². The smallest absolute Gasteiger partial charge is 0.224 e. The van der Waals surface area contributed by atoms with Crippen LogP contribution in [0.2, 0.25) is 0 Å². The standard InChI is InChI=1S/C14H21N3O/c1-11-10-12(4-5-13(11)15)16-7-6-14(18)17-8-2-3-9-17/h4-5,10,16H,2-3,6-9,15H2,1H3. The van der Waals surface area contributed by atoms with Gasteiger partial charge in [-0.1, -0.05) is 0 Å². The number of amides is 1. The van der Waals surface area contributed by atoms with Gasteiger partial charge in [-0.3, -0.25) is 4.79 Å². The van der Waals surface area contributed by atoms with Gasteiger partial charge in [-0.05, 0) is 43.5 Å². The third-order valence-corrected chi connectivity index (χ3v) is 3.40. The minimum Gasteiger partial charge on any atom is -0.399 e. The van der Waals surface area contributed by atoms with E-state index in [-0.39, 0.29) is 5.91 Å². The van der Waals surface area contributed by atoms with E-state index in [2.05, 4.69) is 5.32 Å². The Morgan fingerprint density at radius 1 is 1.39 bits per heavy atom. The van der Waals surface area contributed by atoms with E-state index < -0.39 is 0 Å². The number of likely N-dealkylation sites (tertiary alicyclic amines) is 1. The summed E-state index contributed by atoms with van der Waals surface area (Å²) in [5, 5.41) is 3.26. The van der Waals surface area contributed by atoms with Crippen molar-refractivity contribution in [3.63, 3.8) is 0 Å². The molecule has 2 rings (SSSR count). The highest BCUT2D eigenvalue weighted by molar-refractivity contribution is 5.77. The Morgan fingerprint density at radius 2 is 2.11 bits per heavy atom. The summed E-state index contributed by atoms with van der Waals surface area (Å²) in [7, 11) is 0. The maximum Gasteiger partial charge on any atom is 0.224 e. The molecule has 0 radical (unpaired) electrons. The predicted molar refractivity (Wildman–Crippen MR) is 74.5 cm³/mol. The predicted octanol–water partition coefficient (Wildman–Crippen LogP) is 2.00. The molecule has 18 heavy (non-hydrogen) atoms. The fourth-order valence-corrected chi connectivity index (χ4v) is 2.22. The molecule has 0 aromatic heterocycles. The first-order chi connectivity index (χ1) is 8.66. The second kappa shape index (κ2) is 5.76. The summed E-state index contributed by atoms with van der Waals surface area (Å²) in [4.78, 5) is 13.8. The number of hydrogen-bond acceptors (Lipinski definition) is 3. The number of rotatable bonds is 4. The monoisotopic (exact) mass is 247 g/mol. The van der Waals surface area contributed by atoms with Crippen molar-refractivity contribution in [2.24, 2.45) is 0 Å². The van der Waals surface area contributed by atoms with E-state index in [0.29, 0.717) is 13.0 Å². The number of carbonyl (C=O) groups is 1. The Hall–Kier alpha value is -1.71. The molecule has 4 heteroatoms. The van der Waals surface area contributed by atoms with Crippen molar-refractivity contribution >= 4 is 17.3 Å². The molecule has 0 unspecified atom stereocenters. The first kappa shape index (κ1) is 12.7. The van der Waals surface area contributed by atoms with Crippen molar-refractivity contribution < 1.29 is 4.79 Å². The van der Waals surface area contributed by atoms with E-state index in [1.54, 1.807) is 0 Å². The highest BCUT2D eigenvalue weighted by atomic mass is 16.2. The topological polar surface area (TPSA) is 58.4 Å². The Balaban J connectivity index is 1.77. The Morgan fingerprint density at radius 3 is 2.78 bits per heavy atom. The molecular weight excluding hydrogens is 226 g/mol. The van der Waals surface area contributed by atoms with Gasteiger partial charge in [0.2, 0.25) is 5.91 Å². The molecule has 3 N–H and O–H groups in total. The largest absolute Gasteiger partial charge is 0.399 e. The van der Waals surface area contributed by atoms with E-state index in [1.165, 1.54) is 0 Å². The van der Waals surface area contributed by atoms with Gasteiger partial charge in [0.05, 0.1) is 0 Å². The van der Waals surface area contributed by atoms with Crippen LogP contribution in [0.5, 0.6) is 0 Å². The third-order valence-electron chi connectivity index (χ3n) is 3.40. The highest BCUT2D eigenvalue weighted by Crippen LogP contribution is 2.16. The van der Waals surface area contributed by atoms with Crippen LogP contribution in [0.4, 0.5) is 11.4 Å². The summed E-state index contributed by atoms with van der Waals surface area (Å²) in [6.07, 6.45) is 2.86. The summed E-state index contributed by atoms with van der Waals surface area (Å²) < 4.78 is 0. The minimum atomic E-state index is 0.257. The number of nitrogens with two attached hydrogens (primary N) is 1. The van der Waals surface area contributed by atoms with E-state index in [4.69, 9.17) is 5.73 Å². The lowest BCUT2D eigenvalue weighted by molar-refractivity contribution is -0.129. The van der Waals surface area contributed by atoms with E-state index in [0.717, 1.165) is 42.9 Å². The average molecular weight is 247 g/mol. The molecule has 0 saturated carbocycles. The van der Waals surface area contributed by atoms with Gasteiger partial charge in [0.25, 0.3) is 0 Å². The van der Waals surface area contributed by atoms with Crippen LogP contribution < -0.4 is 11.1 Å². The Bertz CT molecular complexity index is 425. The normalized spacial score (nSPS) is 14.8. The molecule has 1 amide bonds. The van der Waals surface area contributed by atoms with Crippen molar-refractivity contribution in [3.05, 3.63) is 23.8 Å². The van der Waals surface area contributed by atoms with Gasteiger partial charge in [-0.15, -0.1) is 0 Å². The number of hydrogen-bond donors (Lipinski definition) is 2. The molecule has 1 aliphatic rings. The van der Waals surface area contributed by atoms with E-state index >= 15 is 0 Å². The van der Waals surface area contributed by atoms with Crippen LogP contribution in [0.25, 0.3) is 0 Å². The number of nitrogens with zero attached hydrogens (tertiary/aromatic N) is 1. The Labute approximate surface area is 108 Å². The van der Waals surface area contributed by atoms with Crippen molar-refractivity contribution in [1.29, 1.82) is 0 Å². The molecule has 0 bridgehead atoms. The number of anilines is 2. The number of aryl methyl sites for hydroxylation is 1. The molecule has 4 nitrogen and oxygen atoms in total. The number of nitrogen functional groups attached to an aromatic ring is 1. The van der Waals surface area contributed by atoms with Crippen molar-refractivity contribution in [3.8, 4) is 0 Å². The first-order valence-corrected chi connectivity index (χ1v) is 6.54. The van der Waals surface area contributed by atoms with Crippen molar-refractivity contribution in [2.45, 2.75) is 26.2 Å². The molecular formula is C14H21N3O. The lowest BCUT2D eigenvalue weighted by Gasteiger charge is -2.15. The molecule has 98 valence electrons. The van der Waals surface area contributed by atoms with Gasteiger partial charge in [0, 0.05) is 37.4 Å². The highest BCUT2D eigenvalue weighted by Gasteiger charge is 2.16. The van der Waals surface area contributed by atoms with Crippen LogP contribution in [0, 0.1) is 6.92 Å². The van der Waals surface area contributed by atoms with E-state index in [1.807, 2.05) is 30.0 Å². The van der Waals surface area contributed by atoms with Gasteiger partial charge in [0.15, 0.2) is 0 Å². The fourth-order valence-electron chi connectivity index (χ4n) is 2.22. The maximum absolute atomic E-state index is 11.8. The molecule has 1 heterocycles. The van der Waals surface area contributed by atoms with Crippen LogP contribution in [-0.2, 0) is 4.79 Å². The number of nitrogens with one attached hydrogen (secondary N) is 1. The van der Waals surface area contributed by atoms with Gasteiger partial charge >= 0.3 is 0 Å². The zero-order valence-electron chi connectivity index (χ0n) is 10.9. The molecule has 1 fully saturated rings. The van der Waals surface area contributed by atoms with Crippen LogP contribution in [-0.4, -0.2) is 30.4 Å². The first-order valence-electron chi connectivity index (χ1n) is 6.54. The summed E-state index contributed by atoms with van der Waals surface area (Å²) in [6.45, 7) is 4.52. The van der Waals surface area contributed by atoms with Crippen molar-refractivity contribution in [1.82, 2.24) is 4.90 Å². The molecule has 0 atom stereocenters. The molecule has 0 spiro atoms. The average Bonchev–Trinajstić information content (AvgIpc) is 2.87. The summed E-state index contributed by atoms with van der Waals surface area (Å²) >= 11 is 0. The van der Waals surface area contributed by atoms with Gasteiger partial charge in [-0.25, -0.2) is 0 Å². The molecule has 1 aromatic carbocycles. The number of benzene rings is 1. The quantitative estimate of drug-likeness (QED) is 0.800. The van der Waals surface area contributed by atoms with Gasteiger partial charge < -0.3 is 16.0 Å². The molecule has 1 aromatic rings. The maximum atomic E-state index is 11.8. The summed E-state index contributed by atoms with van der Waals surface area (Å²) in [5.74, 6) is 0.257. The van der Waals surface area contributed by atoms with Crippen molar-refractivity contribution in [2.75, 3.05) is 30.7 Å². The summed E-state index contributed by atoms with van der Waals surface area (Å²) in [5.41, 5.74) is 8.64. The molecule has 1 saturated heterocycles. The zero-order chi connectivity index (χ0) is 13.0. The van der Waals surface area contributed by atoms with E-state index in [9.17, 15) is 4.79 Å². The summed E-state index contributed by atoms with van der Waals surface area (Å²) in [6, 6.07) is 5.85. The van der Waals surface area contributed by atoms with Crippen LogP contribution in [0.3, 0.4) is 0 Å². The number of carbonyl (C=O) groups excluding carboxylic acids is 1. The Kier molecular flexibility index (Phi) is 4.07. The van der Waals surface area contributed by atoms with Gasteiger partial charge in [0.1, 0.15) is 0 Å². The SMILES string of the molecule is Cc1cc(NCCC(=O)N2CCCC2)ccc1N. The second-order valence-electron chi connectivity index (χ2n) is 4.84. The minimum absolute atomic E-state index is 0.257. The molecule has 1 aliphatic heterocycles. The second-order valence-corrected chi connectivity index (χ2v) is 4.84. The zero-order valence-corrected chi connectivity index (χ0v) is 10.9. The lowest BCUT2D eigenvalue weighted by Crippen LogP contribution is -2.29. The van der Waals surface area contributed by atoms with Crippen LogP contribution in [0.1, 0.15) is 24.8 Å². The fraction of sp³-hybridized carbons (Fsp3) is 0.500. The van der Waals surface area contributed by atoms with Crippen LogP contribution in [0.15, 0.2) is 18.2 Å². The lowest BCUT2D eigenvalue weighted by atomic mass is 10.2. The third kappa shape index (κ3) is 3.15. The molecule has 0 aliphatic carbocycles. The van der Waals surface area contributed by atoms with Gasteiger partial charge in [-0.2, -0.15) is 0 Å².